The van der Waals surface area contributed by atoms with E-state index in [4.69, 9.17) is 15.2 Å². The molecule has 0 aromatic carbocycles. The zero-order chi connectivity index (χ0) is 12.9. The fraction of sp³-hybridized carbons (Fsp3) is 0.917. The second kappa shape index (κ2) is 11.8. The molecule has 5 nitrogen and oxygen atoms in total. The predicted molar refractivity (Wildman–Crippen MR) is 67.8 cm³/mol. The van der Waals surface area contributed by atoms with E-state index in [1.807, 2.05) is 6.92 Å². The van der Waals surface area contributed by atoms with E-state index in [1.54, 1.807) is 7.11 Å². The number of rotatable bonds is 11. The minimum absolute atomic E-state index is 0.0120. The number of ether oxygens (including phenoxy) is 2. The molecule has 102 valence electrons. The average Bonchev–Trinajstić information content (AvgIpc) is 2.32. The quantitative estimate of drug-likeness (QED) is 0.522. The molecule has 1 unspecified atom stereocenters. The molecule has 0 aliphatic rings. The second-order valence-electron chi connectivity index (χ2n) is 4.08. The fourth-order valence-corrected chi connectivity index (χ4v) is 1.34. The zero-order valence-corrected chi connectivity index (χ0v) is 11.0. The van der Waals surface area contributed by atoms with Crippen LogP contribution in [0.1, 0.15) is 26.2 Å². The number of methoxy groups -OCH3 is 1. The molecular formula is C12H26N2O3. The van der Waals surface area contributed by atoms with E-state index in [-0.39, 0.29) is 11.8 Å². The van der Waals surface area contributed by atoms with Gasteiger partial charge in [-0.15, -0.1) is 0 Å². The van der Waals surface area contributed by atoms with Crippen LogP contribution in [0.25, 0.3) is 0 Å². The van der Waals surface area contributed by atoms with E-state index in [9.17, 15) is 4.79 Å². The molecule has 0 aliphatic carbocycles. The smallest absolute Gasteiger partial charge is 0.222 e. The van der Waals surface area contributed by atoms with Gasteiger partial charge >= 0.3 is 0 Å². The number of hydrogen-bond donors (Lipinski definition) is 2. The van der Waals surface area contributed by atoms with E-state index >= 15 is 0 Å². The third kappa shape index (κ3) is 10.2. The molecule has 0 aromatic rings. The van der Waals surface area contributed by atoms with E-state index in [0.717, 1.165) is 25.9 Å². The van der Waals surface area contributed by atoms with E-state index in [0.29, 0.717) is 26.3 Å². The molecule has 0 bridgehead atoms. The van der Waals surface area contributed by atoms with Crippen molar-refractivity contribution in [2.75, 3.05) is 40.0 Å². The molecular weight excluding hydrogens is 220 g/mol. The van der Waals surface area contributed by atoms with Crippen LogP contribution in [-0.4, -0.2) is 45.9 Å². The minimum Gasteiger partial charge on any atom is -0.382 e. The van der Waals surface area contributed by atoms with Crippen LogP contribution in [0.4, 0.5) is 0 Å². The van der Waals surface area contributed by atoms with Gasteiger partial charge in [-0.25, -0.2) is 0 Å². The first-order chi connectivity index (χ1) is 8.22. The molecule has 0 spiro atoms. The number of hydrogen-bond acceptors (Lipinski definition) is 4. The third-order valence-corrected chi connectivity index (χ3v) is 2.49. The van der Waals surface area contributed by atoms with Gasteiger partial charge in [0.2, 0.25) is 5.91 Å². The number of nitrogens with two attached hydrogens (primary N) is 1. The highest BCUT2D eigenvalue weighted by Gasteiger charge is 2.10. The molecule has 1 amide bonds. The molecule has 5 heteroatoms. The molecule has 0 rings (SSSR count). The maximum atomic E-state index is 11.5. The van der Waals surface area contributed by atoms with Crippen molar-refractivity contribution < 1.29 is 14.3 Å². The van der Waals surface area contributed by atoms with Crippen molar-refractivity contribution in [3.05, 3.63) is 0 Å². The lowest BCUT2D eigenvalue weighted by Crippen LogP contribution is -2.31. The van der Waals surface area contributed by atoms with Crippen LogP contribution in [0.15, 0.2) is 0 Å². The largest absolute Gasteiger partial charge is 0.382 e. The Hall–Kier alpha value is -0.650. The summed E-state index contributed by atoms with van der Waals surface area (Å²) in [7, 11) is 1.65. The molecule has 0 saturated heterocycles. The van der Waals surface area contributed by atoms with E-state index in [1.165, 1.54) is 0 Å². The zero-order valence-electron chi connectivity index (χ0n) is 11.0. The van der Waals surface area contributed by atoms with E-state index in [2.05, 4.69) is 5.32 Å². The molecule has 0 saturated carbocycles. The monoisotopic (exact) mass is 246 g/mol. The summed E-state index contributed by atoms with van der Waals surface area (Å²) in [5.74, 6) is 0.105. The van der Waals surface area contributed by atoms with Crippen LogP contribution in [0.2, 0.25) is 0 Å². The Bertz CT molecular complexity index is 189. The summed E-state index contributed by atoms with van der Waals surface area (Å²) in [4.78, 5) is 11.5. The lowest BCUT2D eigenvalue weighted by Gasteiger charge is -2.10. The summed E-state index contributed by atoms with van der Waals surface area (Å²) in [6.07, 6.45) is 2.63. The van der Waals surface area contributed by atoms with E-state index < -0.39 is 0 Å². The Morgan fingerprint density at radius 3 is 2.71 bits per heavy atom. The first-order valence-corrected chi connectivity index (χ1v) is 6.26. The average molecular weight is 246 g/mol. The van der Waals surface area contributed by atoms with Gasteiger partial charge < -0.3 is 20.5 Å². The standard InChI is InChI=1S/C12H26N2O3/c1-11(5-6-13)12(15)14-7-3-4-8-17-10-9-16-2/h11H,3-10,13H2,1-2H3,(H,14,15). The molecule has 0 heterocycles. The molecule has 1 atom stereocenters. The van der Waals surface area contributed by atoms with Crippen LogP contribution >= 0.6 is 0 Å². The van der Waals surface area contributed by atoms with Crippen molar-refractivity contribution in [1.82, 2.24) is 5.32 Å². The lowest BCUT2D eigenvalue weighted by molar-refractivity contribution is -0.124. The summed E-state index contributed by atoms with van der Waals surface area (Å²) < 4.78 is 10.2. The van der Waals surface area contributed by atoms with Crippen molar-refractivity contribution in [3.63, 3.8) is 0 Å². The van der Waals surface area contributed by atoms with Crippen LogP contribution in [-0.2, 0) is 14.3 Å². The predicted octanol–water partition coefficient (Wildman–Crippen LogP) is 0.531. The van der Waals surface area contributed by atoms with Crippen molar-refractivity contribution in [1.29, 1.82) is 0 Å². The SMILES string of the molecule is COCCOCCCCNC(=O)C(C)CCN. The van der Waals surface area contributed by atoms with Gasteiger partial charge in [0.15, 0.2) is 0 Å². The fourth-order valence-electron chi connectivity index (χ4n) is 1.34. The summed E-state index contributed by atoms with van der Waals surface area (Å²) >= 11 is 0. The summed E-state index contributed by atoms with van der Waals surface area (Å²) in [5.41, 5.74) is 5.39. The second-order valence-corrected chi connectivity index (χ2v) is 4.08. The lowest BCUT2D eigenvalue weighted by atomic mass is 10.1. The van der Waals surface area contributed by atoms with Gasteiger partial charge in [0.25, 0.3) is 0 Å². The van der Waals surface area contributed by atoms with Gasteiger partial charge in [-0.2, -0.15) is 0 Å². The Morgan fingerprint density at radius 1 is 1.29 bits per heavy atom. The molecule has 3 N–H and O–H groups in total. The van der Waals surface area contributed by atoms with Crippen LogP contribution in [0.3, 0.4) is 0 Å². The summed E-state index contributed by atoms with van der Waals surface area (Å²) in [6.45, 7) is 5.15. The number of amides is 1. The van der Waals surface area contributed by atoms with Crippen LogP contribution in [0, 0.1) is 5.92 Å². The van der Waals surface area contributed by atoms with Gasteiger partial charge in [0, 0.05) is 26.2 Å². The summed E-state index contributed by atoms with van der Waals surface area (Å²) in [6, 6.07) is 0. The number of carbonyl (C=O) groups excluding carboxylic acids is 1. The number of carbonyl (C=O) groups is 1. The van der Waals surface area contributed by atoms with Crippen molar-refractivity contribution in [2.45, 2.75) is 26.2 Å². The van der Waals surface area contributed by atoms with Crippen LogP contribution < -0.4 is 11.1 Å². The summed E-state index contributed by atoms with van der Waals surface area (Å²) in [5, 5.41) is 2.89. The van der Waals surface area contributed by atoms with Gasteiger partial charge in [0.05, 0.1) is 13.2 Å². The Morgan fingerprint density at radius 2 is 2.06 bits per heavy atom. The van der Waals surface area contributed by atoms with Crippen molar-refractivity contribution >= 4 is 5.91 Å². The highest BCUT2D eigenvalue weighted by atomic mass is 16.5. The van der Waals surface area contributed by atoms with Crippen LogP contribution in [0.5, 0.6) is 0 Å². The Kier molecular flexibility index (Phi) is 11.4. The first-order valence-electron chi connectivity index (χ1n) is 6.26. The van der Waals surface area contributed by atoms with Gasteiger partial charge in [-0.05, 0) is 25.8 Å². The molecule has 0 aromatic heterocycles. The third-order valence-electron chi connectivity index (χ3n) is 2.49. The maximum absolute atomic E-state index is 11.5. The first kappa shape index (κ1) is 16.4. The molecule has 0 aliphatic heterocycles. The highest BCUT2D eigenvalue weighted by molar-refractivity contribution is 5.78. The van der Waals surface area contributed by atoms with Gasteiger partial charge in [-0.3, -0.25) is 4.79 Å². The van der Waals surface area contributed by atoms with Crippen molar-refractivity contribution in [2.24, 2.45) is 11.7 Å². The molecule has 0 fully saturated rings. The molecule has 0 radical (unpaired) electrons. The molecule has 17 heavy (non-hydrogen) atoms. The van der Waals surface area contributed by atoms with Crippen molar-refractivity contribution in [3.8, 4) is 0 Å². The van der Waals surface area contributed by atoms with Gasteiger partial charge in [0.1, 0.15) is 0 Å². The maximum Gasteiger partial charge on any atom is 0.222 e. The Balaban J connectivity index is 3.24. The Labute approximate surface area is 104 Å². The highest BCUT2D eigenvalue weighted by Crippen LogP contribution is 1.99. The normalized spacial score (nSPS) is 12.4. The number of unbranched alkanes of at least 4 members (excludes halogenated alkanes) is 1. The number of nitrogens with one attached hydrogen (secondary N) is 1. The topological polar surface area (TPSA) is 73.6 Å². The minimum atomic E-state index is 0.0120. The van der Waals surface area contributed by atoms with Gasteiger partial charge in [-0.1, -0.05) is 6.92 Å².